The number of dihydropyridines is 1. The second-order valence-electron chi connectivity index (χ2n) is 12.8. The van der Waals surface area contributed by atoms with Crippen LogP contribution in [-0.2, 0) is 22.4 Å². The molecule has 2 aliphatic carbocycles. The number of fused-ring (bicyclic) bond motifs is 2. The van der Waals surface area contributed by atoms with Gasteiger partial charge in [-0.05, 0) is 43.2 Å². The van der Waals surface area contributed by atoms with Crippen LogP contribution in [0.25, 0.3) is 0 Å². The average Bonchev–Trinajstić information content (AvgIpc) is 3.38. The monoisotopic (exact) mass is 501 g/mol. The molecule has 3 aliphatic heterocycles. The number of amides is 2. The van der Waals surface area contributed by atoms with Crippen molar-refractivity contribution in [3.63, 3.8) is 0 Å². The zero-order valence-corrected chi connectivity index (χ0v) is 22.6. The van der Waals surface area contributed by atoms with Crippen molar-refractivity contribution >= 4 is 17.5 Å². The van der Waals surface area contributed by atoms with E-state index in [2.05, 4.69) is 61.4 Å². The molecule has 5 aliphatic rings. The van der Waals surface area contributed by atoms with Gasteiger partial charge < -0.3 is 15.5 Å². The Hall–Kier alpha value is -2.96. The van der Waals surface area contributed by atoms with Gasteiger partial charge >= 0.3 is 0 Å². The maximum atomic E-state index is 13.7. The van der Waals surface area contributed by atoms with Crippen molar-refractivity contribution in [3.05, 3.63) is 52.6 Å². The van der Waals surface area contributed by atoms with Crippen LogP contribution in [0.15, 0.2) is 40.8 Å². The Morgan fingerprint density at radius 1 is 1.11 bits per heavy atom. The zero-order valence-electron chi connectivity index (χ0n) is 22.6. The third-order valence-corrected chi connectivity index (χ3v) is 9.09. The molecule has 196 valence electrons. The Balaban J connectivity index is 1.26. The molecule has 1 aromatic heterocycles. The van der Waals surface area contributed by atoms with Crippen molar-refractivity contribution in [1.82, 2.24) is 20.5 Å². The van der Waals surface area contributed by atoms with E-state index in [1.165, 1.54) is 12.8 Å². The van der Waals surface area contributed by atoms with Gasteiger partial charge in [0.05, 0.1) is 5.41 Å². The first kappa shape index (κ1) is 24.4. The number of aliphatic imine (C=N–C) groups is 1. The fourth-order valence-electron chi connectivity index (χ4n) is 6.98. The van der Waals surface area contributed by atoms with Crippen molar-refractivity contribution in [3.8, 4) is 0 Å². The van der Waals surface area contributed by atoms with Crippen molar-refractivity contribution in [2.24, 2.45) is 15.8 Å². The highest BCUT2D eigenvalue weighted by atomic mass is 16.2. The van der Waals surface area contributed by atoms with Gasteiger partial charge in [0.25, 0.3) is 5.91 Å². The summed E-state index contributed by atoms with van der Waals surface area (Å²) in [6, 6.07) is 2.24. The summed E-state index contributed by atoms with van der Waals surface area (Å²) in [5, 5.41) is 6.36. The first-order valence-electron chi connectivity index (χ1n) is 14.0. The fraction of sp³-hybridized carbons (Fsp3) is 0.600. The van der Waals surface area contributed by atoms with E-state index < -0.39 is 11.1 Å². The number of hydrogen-bond acceptors (Lipinski definition) is 5. The minimum Gasteiger partial charge on any atom is -0.368 e. The van der Waals surface area contributed by atoms with Crippen LogP contribution in [0.4, 0.5) is 0 Å². The highest BCUT2D eigenvalue weighted by Crippen LogP contribution is 2.47. The highest BCUT2D eigenvalue weighted by molar-refractivity contribution is 6.42. The third kappa shape index (κ3) is 3.84. The minimum atomic E-state index is -0.568. The molecule has 1 fully saturated rings. The summed E-state index contributed by atoms with van der Waals surface area (Å²) in [6.07, 6.45) is 14.0. The van der Waals surface area contributed by atoms with Crippen LogP contribution >= 0.6 is 0 Å². The fourth-order valence-corrected chi connectivity index (χ4v) is 6.98. The van der Waals surface area contributed by atoms with Crippen molar-refractivity contribution < 1.29 is 9.59 Å². The number of carbonyl (C=O) groups is 2. The zero-order chi connectivity index (χ0) is 26.0. The summed E-state index contributed by atoms with van der Waals surface area (Å²) in [4.78, 5) is 39.0. The van der Waals surface area contributed by atoms with Crippen molar-refractivity contribution in [1.29, 1.82) is 0 Å². The van der Waals surface area contributed by atoms with Crippen LogP contribution in [0, 0.1) is 10.8 Å². The normalized spacial score (nSPS) is 27.2. The van der Waals surface area contributed by atoms with Gasteiger partial charge in [-0.25, -0.2) is 0 Å². The predicted molar refractivity (Wildman–Crippen MR) is 144 cm³/mol. The van der Waals surface area contributed by atoms with Gasteiger partial charge in [-0.1, -0.05) is 58.8 Å². The number of pyridine rings is 1. The van der Waals surface area contributed by atoms with E-state index in [1.807, 2.05) is 6.20 Å². The molecule has 6 rings (SSSR count). The summed E-state index contributed by atoms with van der Waals surface area (Å²) < 4.78 is 0. The molecule has 1 aromatic rings. The third-order valence-electron chi connectivity index (χ3n) is 9.09. The van der Waals surface area contributed by atoms with Crippen LogP contribution in [0.2, 0.25) is 0 Å². The topological polar surface area (TPSA) is 86.7 Å². The van der Waals surface area contributed by atoms with Crippen LogP contribution < -0.4 is 10.6 Å². The molecule has 2 unspecified atom stereocenters. The van der Waals surface area contributed by atoms with E-state index in [9.17, 15) is 9.59 Å². The van der Waals surface area contributed by atoms with Crippen molar-refractivity contribution in [2.45, 2.75) is 90.6 Å². The summed E-state index contributed by atoms with van der Waals surface area (Å²) in [6.45, 7) is 9.85. The van der Waals surface area contributed by atoms with Gasteiger partial charge in [-0.15, -0.1) is 0 Å². The maximum Gasteiger partial charge on any atom is 0.270 e. The molecule has 0 radical (unpaired) electrons. The molecule has 0 saturated heterocycles. The molecule has 2 spiro atoms. The largest absolute Gasteiger partial charge is 0.368 e. The molecule has 2 atom stereocenters. The lowest BCUT2D eigenvalue weighted by Crippen LogP contribution is -2.48. The second kappa shape index (κ2) is 8.53. The van der Waals surface area contributed by atoms with Crippen LogP contribution in [-0.4, -0.2) is 46.2 Å². The summed E-state index contributed by atoms with van der Waals surface area (Å²) in [7, 11) is 0. The molecule has 7 nitrogen and oxygen atoms in total. The SMILES string of the molecule is CC(CN1C(=O)C(C(C)(C)C)=NC12CCCCCC2)c1cnc2c(c1)CC1(C2)C(=O)NC2=C1C=CCN2. The summed E-state index contributed by atoms with van der Waals surface area (Å²) >= 11 is 0. The van der Waals surface area contributed by atoms with Gasteiger partial charge in [0.1, 0.15) is 17.2 Å². The van der Waals surface area contributed by atoms with E-state index in [0.717, 1.165) is 66.2 Å². The minimum absolute atomic E-state index is 0.0639. The lowest BCUT2D eigenvalue weighted by Gasteiger charge is -2.37. The van der Waals surface area contributed by atoms with E-state index in [1.54, 1.807) is 0 Å². The van der Waals surface area contributed by atoms with Gasteiger partial charge in [0.15, 0.2) is 0 Å². The molecule has 2 N–H and O–H groups in total. The highest BCUT2D eigenvalue weighted by Gasteiger charge is 2.53. The number of nitrogens with one attached hydrogen (secondary N) is 2. The molecule has 37 heavy (non-hydrogen) atoms. The Labute approximate surface area is 219 Å². The van der Waals surface area contributed by atoms with Crippen molar-refractivity contribution in [2.75, 3.05) is 13.1 Å². The Bertz CT molecular complexity index is 1240. The quantitative estimate of drug-likeness (QED) is 0.652. The van der Waals surface area contributed by atoms with Gasteiger partial charge in [0, 0.05) is 48.3 Å². The van der Waals surface area contributed by atoms with Crippen LogP contribution in [0.1, 0.15) is 89.0 Å². The average molecular weight is 502 g/mol. The van der Waals surface area contributed by atoms with Gasteiger partial charge in [-0.2, -0.15) is 0 Å². The Morgan fingerprint density at radius 3 is 2.59 bits per heavy atom. The summed E-state index contributed by atoms with van der Waals surface area (Å²) in [5.41, 5.74) is 3.83. The number of allylic oxidation sites excluding steroid dienone is 1. The van der Waals surface area contributed by atoms with E-state index >= 15 is 0 Å². The lowest BCUT2D eigenvalue weighted by atomic mass is 9.78. The first-order valence-corrected chi connectivity index (χ1v) is 14.0. The molecule has 0 bridgehead atoms. The number of nitrogens with zero attached hydrogens (tertiary/aromatic N) is 3. The maximum absolute atomic E-state index is 13.7. The lowest BCUT2D eigenvalue weighted by molar-refractivity contribution is -0.129. The number of carbonyl (C=O) groups excluding carboxylic acids is 2. The van der Waals surface area contributed by atoms with E-state index in [4.69, 9.17) is 9.98 Å². The Kier molecular flexibility index (Phi) is 5.62. The summed E-state index contributed by atoms with van der Waals surface area (Å²) in [5.74, 6) is 1.14. The standard InChI is InChI=1S/C30H39N5O2/c1-19(18-35-26(36)24(28(2,3)4)34-30(35)11-7-5-6-8-12-30)21-14-20-15-29(16-23(20)32-17-21)22-10-9-13-31-25(22)33-27(29)37/h9-10,14,17,19,31H,5-8,11-13,15-16,18H2,1-4H3,(H,33,37). The molecule has 1 saturated carbocycles. The second-order valence-corrected chi connectivity index (χ2v) is 12.8. The molecular weight excluding hydrogens is 462 g/mol. The van der Waals surface area contributed by atoms with Crippen LogP contribution in [0.3, 0.4) is 0 Å². The molecule has 2 amide bonds. The molecule has 7 heteroatoms. The van der Waals surface area contributed by atoms with Gasteiger partial charge in [-0.3, -0.25) is 19.6 Å². The predicted octanol–water partition coefficient (Wildman–Crippen LogP) is 4.15. The van der Waals surface area contributed by atoms with E-state index in [-0.39, 0.29) is 23.1 Å². The number of hydrogen-bond donors (Lipinski definition) is 2. The molecule has 4 heterocycles. The van der Waals surface area contributed by atoms with Crippen LogP contribution in [0.5, 0.6) is 0 Å². The smallest absolute Gasteiger partial charge is 0.270 e. The number of aromatic nitrogens is 1. The Morgan fingerprint density at radius 2 is 1.86 bits per heavy atom. The van der Waals surface area contributed by atoms with E-state index in [0.29, 0.717) is 19.4 Å². The molecule has 0 aromatic carbocycles. The van der Waals surface area contributed by atoms with Gasteiger partial charge in [0.2, 0.25) is 5.91 Å². The molecular formula is C30H39N5O2. The number of rotatable bonds is 3. The first-order chi connectivity index (χ1) is 17.6.